The molecule has 3 atom stereocenters. The Kier molecular flexibility index (Phi) is 4.65. The summed E-state index contributed by atoms with van der Waals surface area (Å²) in [5.41, 5.74) is 3.18. The van der Waals surface area contributed by atoms with Crippen molar-refractivity contribution in [1.82, 2.24) is 0 Å². The van der Waals surface area contributed by atoms with E-state index in [0.29, 0.717) is 24.0 Å². The van der Waals surface area contributed by atoms with E-state index in [9.17, 15) is 10.2 Å². The number of phenolic OH excluding ortho intramolecular Hbond substituents is 1. The molecule has 0 fully saturated rings. The summed E-state index contributed by atoms with van der Waals surface area (Å²) in [6.45, 7) is 8.48. The Hall–Kier alpha value is -1.48. The van der Waals surface area contributed by atoms with Gasteiger partial charge in [0.25, 0.3) is 0 Å². The molecule has 1 aliphatic heterocycles. The molecule has 0 saturated heterocycles. The third kappa shape index (κ3) is 3.19. The quantitative estimate of drug-likeness (QED) is 0.786. The number of hydrogen-bond donors (Lipinski definition) is 2. The summed E-state index contributed by atoms with van der Waals surface area (Å²) in [5, 5.41) is 20.5. The number of rotatable bonds is 4. The minimum absolute atomic E-state index is 0.233. The topological polar surface area (TPSA) is 49.7 Å². The van der Waals surface area contributed by atoms with Crippen LogP contribution < -0.4 is 4.74 Å². The number of fused-ring (bicyclic) bond motifs is 3. The van der Waals surface area contributed by atoms with Gasteiger partial charge in [0.05, 0.1) is 6.10 Å². The first-order valence-corrected chi connectivity index (χ1v) is 9.20. The van der Waals surface area contributed by atoms with Crippen molar-refractivity contribution in [2.24, 2.45) is 5.92 Å². The van der Waals surface area contributed by atoms with E-state index in [2.05, 4.69) is 32.9 Å². The van der Waals surface area contributed by atoms with Crippen molar-refractivity contribution in [3.05, 3.63) is 34.9 Å². The van der Waals surface area contributed by atoms with Crippen molar-refractivity contribution >= 4 is 0 Å². The number of aryl methyl sites for hydroxylation is 1. The molecule has 0 saturated carbocycles. The highest BCUT2D eigenvalue weighted by atomic mass is 16.5. The van der Waals surface area contributed by atoms with Crippen LogP contribution in [-0.4, -0.2) is 21.9 Å². The first-order valence-electron chi connectivity index (χ1n) is 9.20. The minimum Gasteiger partial charge on any atom is -0.508 e. The van der Waals surface area contributed by atoms with Crippen LogP contribution >= 0.6 is 0 Å². The number of aromatic hydroxyl groups is 1. The van der Waals surface area contributed by atoms with Crippen LogP contribution in [-0.2, 0) is 6.42 Å². The van der Waals surface area contributed by atoms with Crippen LogP contribution in [0.5, 0.6) is 11.5 Å². The van der Waals surface area contributed by atoms with Crippen LogP contribution in [0.3, 0.4) is 0 Å². The zero-order valence-corrected chi connectivity index (χ0v) is 15.3. The lowest BCUT2D eigenvalue weighted by Gasteiger charge is -2.47. The fourth-order valence-electron chi connectivity index (χ4n) is 4.30. The molecule has 0 bridgehead atoms. The first kappa shape index (κ1) is 17.3. The zero-order chi connectivity index (χ0) is 17.5. The van der Waals surface area contributed by atoms with E-state index in [1.165, 1.54) is 5.57 Å². The van der Waals surface area contributed by atoms with Crippen molar-refractivity contribution < 1.29 is 14.9 Å². The van der Waals surface area contributed by atoms with Gasteiger partial charge in [-0.05, 0) is 70.6 Å². The SMILES string of the molecule is CCC(O)CCc1cc(O)c2c(c1)OC(C)(C)[C@@H]1CC=C(C)C[C@@H]21. The fraction of sp³-hybridized carbons (Fsp3) is 0.619. The van der Waals surface area contributed by atoms with E-state index in [4.69, 9.17) is 4.74 Å². The minimum atomic E-state index is -0.281. The van der Waals surface area contributed by atoms with Gasteiger partial charge in [-0.3, -0.25) is 0 Å². The van der Waals surface area contributed by atoms with E-state index >= 15 is 0 Å². The van der Waals surface area contributed by atoms with E-state index in [1.807, 2.05) is 13.0 Å². The largest absolute Gasteiger partial charge is 0.508 e. The molecule has 0 radical (unpaired) electrons. The molecule has 132 valence electrons. The third-order valence-electron chi connectivity index (χ3n) is 5.80. The second kappa shape index (κ2) is 6.44. The molecule has 0 aromatic heterocycles. The number of aliphatic hydroxyl groups excluding tert-OH is 1. The molecule has 1 aliphatic carbocycles. The Balaban J connectivity index is 1.95. The molecule has 1 heterocycles. The van der Waals surface area contributed by atoms with Crippen LogP contribution in [0.2, 0.25) is 0 Å². The average molecular weight is 330 g/mol. The number of benzene rings is 1. The second-order valence-corrected chi connectivity index (χ2v) is 8.04. The number of ether oxygens (including phenoxy) is 1. The number of phenols is 1. The van der Waals surface area contributed by atoms with Crippen molar-refractivity contribution in [2.75, 3.05) is 0 Å². The highest BCUT2D eigenvalue weighted by Gasteiger charge is 2.45. The molecule has 3 rings (SSSR count). The Morgan fingerprint density at radius 2 is 2.08 bits per heavy atom. The van der Waals surface area contributed by atoms with E-state index < -0.39 is 0 Å². The van der Waals surface area contributed by atoms with E-state index in [1.54, 1.807) is 0 Å². The smallest absolute Gasteiger partial charge is 0.127 e. The predicted molar refractivity (Wildman–Crippen MR) is 96.7 cm³/mol. The van der Waals surface area contributed by atoms with Crippen molar-refractivity contribution in [3.8, 4) is 11.5 Å². The summed E-state index contributed by atoms with van der Waals surface area (Å²) in [4.78, 5) is 0. The van der Waals surface area contributed by atoms with Crippen molar-refractivity contribution in [2.45, 2.75) is 77.4 Å². The maximum atomic E-state index is 10.7. The predicted octanol–water partition coefficient (Wildman–Crippen LogP) is 4.71. The van der Waals surface area contributed by atoms with Crippen molar-refractivity contribution in [3.63, 3.8) is 0 Å². The fourth-order valence-corrected chi connectivity index (χ4v) is 4.30. The molecule has 3 nitrogen and oxygen atoms in total. The van der Waals surface area contributed by atoms with Gasteiger partial charge in [-0.2, -0.15) is 0 Å². The number of hydrogen-bond acceptors (Lipinski definition) is 3. The van der Waals surface area contributed by atoms with Gasteiger partial charge in [0.15, 0.2) is 0 Å². The van der Waals surface area contributed by atoms with Gasteiger partial charge in [0, 0.05) is 17.4 Å². The van der Waals surface area contributed by atoms with Gasteiger partial charge < -0.3 is 14.9 Å². The maximum Gasteiger partial charge on any atom is 0.127 e. The van der Waals surface area contributed by atoms with Gasteiger partial charge in [-0.15, -0.1) is 0 Å². The van der Waals surface area contributed by atoms with Crippen LogP contribution in [0.4, 0.5) is 0 Å². The molecule has 1 aromatic rings. The molecule has 2 aliphatic rings. The van der Waals surface area contributed by atoms with Crippen LogP contribution in [0, 0.1) is 5.92 Å². The summed E-state index contributed by atoms with van der Waals surface area (Å²) in [6.07, 6.45) is 6.26. The lowest BCUT2D eigenvalue weighted by atomic mass is 9.67. The number of allylic oxidation sites excluding steroid dienone is 2. The van der Waals surface area contributed by atoms with E-state index in [0.717, 1.165) is 42.6 Å². The van der Waals surface area contributed by atoms with Crippen LogP contribution in [0.25, 0.3) is 0 Å². The average Bonchev–Trinajstić information content (AvgIpc) is 2.51. The van der Waals surface area contributed by atoms with Gasteiger partial charge >= 0.3 is 0 Å². The second-order valence-electron chi connectivity index (χ2n) is 8.04. The summed E-state index contributed by atoms with van der Waals surface area (Å²) in [7, 11) is 0. The Morgan fingerprint density at radius 3 is 2.79 bits per heavy atom. The normalized spacial score (nSPS) is 26.0. The molecule has 2 N–H and O–H groups in total. The van der Waals surface area contributed by atoms with Crippen LogP contribution in [0.1, 0.15) is 70.4 Å². The summed E-state index contributed by atoms with van der Waals surface area (Å²) >= 11 is 0. The molecular formula is C21H30O3. The van der Waals surface area contributed by atoms with Gasteiger partial charge in [-0.25, -0.2) is 0 Å². The highest BCUT2D eigenvalue weighted by molar-refractivity contribution is 5.52. The summed E-state index contributed by atoms with van der Waals surface area (Å²) in [6, 6.07) is 3.94. The Morgan fingerprint density at radius 1 is 1.33 bits per heavy atom. The molecule has 0 spiro atoms. The summed E-state index contributed by atoms with van der Waals surface area (Å²) in [5.74, 6) is 1.90. The highest BCUT2D eigenvalue weighted by Crippen LogP contribution is 2.54. The first-order chi connectivity index (χ1) is 11.3. The zero-order valence-electron chi connectivity index (χ0n) is 15.3. The van der Waals surface area contributed by atoms with E-state index in [-0.39, 0.29) is 11.7 Å². The lowest BCUT2D eigenvalue weighted by molar-refractivity contribution is 0.00750. The lowest BCUT2D eigenvalue weighted by Crippen LogP contribution is -2.45. The maximum absolute atomic E-state index is 10.7. The summed E-state index contributed by atoms with van der Waals surface area (Å²) < 4.78 is 6.33. The van der Waals surface area contributed by atoms with Gasteiger partial charge in [0.1, 0.15) is 17.1 Å². The number of aliphatic hydroxyl groups is 1. The van der Waals surface area contributed by atoms with Gasteiger partial charge in [-0.1, -0.05) is 18.6 Å². The molecule has 0 amide bonds. The standard InChI is InChI=1S/C21H30O3/c1-5-15(22)8-7-14-11-18(23)20-16-10-13(2)6-9-17(16)21(3,4)24-19(20)12-14/h6,11-12,15-17,22-23H,5,7-10H2,1-4H3/t15?,16-,17-/m1/s1. The Labute approximate surface area is 145 Å². The monoisotopic (exact) mass is 330 g/mol. The van der Waals surface area contributed by atoms with Gasteiger partial charge in [0.2, 0.25) is 0 Å². The molecule has 1 aromatic carbocycles. The molecule has 1 unspecified atom stereocenters. The Bertz CT molecular complexity index is 645. The molecule has 3 heteroatoms. The molecular weight excluding hydrogens is 300 g/mol. The third-order valence-corrected chi connectivity index (χ3v) is 5.80. The van der Waals surface area contributed by atoms with Crippen LogP contribution in [0.15, 0.2) is 23.8 Å². The molecule has 24 heavy (non-hydrogen) atoms. The van der Waals surface area contributed by atoms with Crippen molar-refractivity contribution in [1.29, 1.82) is 0 Å².